The first-order valence-electron chi connectivity index (χ1n) is 4.75. The molecular formula is C9H13N5S2. The molecule has 0 amide bonds. The van der Waals surface area contributed by atoms with Gasteiger partial charge in [-0.05, 0) is 6.42 Å². The minimum Gasteiger partial charge on any atom is -0.356 e. The summed E-state index contributed by atoms with van der Waals surface area (Å²) in [6.07, 6.45) is 4.63. The molecule has 1 aromatic heterocycles. The second kappa shape index (κ2) is 7.96. The third kappa shape index (κ3) is 5.00. The Labute approximate surface area is 103 Å². The van der Waals surface area contributed by atoms with Gasteiger partial charge in [-0.25, -0.2) is 4.98 Å². The number of thioether (sulfide) groups is 1. The molecule has 0 aliphatic heterocycles. The van der Waals surface area contributed by atoms with Crippen molar-refractivity contribution in [2.75, 3.05) is 19.3 Å². The monoisotopic (exact) mass is 255 g/mol. The van der Waals surface area contributed by atoms with Crippen molar-refractivity contribution in [1.82, 2.24) is 15.6 Å². The Hall–Kier alpha value is -1.26. The van der Waals surface area contributed by atoms with Crippen molar-refractivity contribution in [3.8, 4) is 6.19 Å². The fraction of sp³-hybridized carbons (Fsp3) is 0.444. The summed E-state index contributed by atoms with van der Waals surface area (Å²) >= 11 is 3.39. The van der Waals surface area contributed by atoms with Gasteiger partial charge in [0.25, 0.3) is 0 Å². The summed E-state index contributed by atoms with van der Waals surface area (Å²) in [5.74, 6) is 1.52. The molecule has 0 fully saturated rings. The molecule has 0 aromatic carbocycles. The molecule has 0 radical (unpaired) electrons. The number of rotatable bonds is 5. The standard InChI is InChI=1S/C9H13N5S2/c1-11-8(14-7-10)12-3-2-5-15-9-13-4-6-16-9/h4,6H,2-3,5H2,1H3,(H2,11,12,14). The highest BCUT2D eigenvalue weighted by atomic mass is 32.2. The van der Waals surface area contributed by atoms with E-state index in [2.05, 4.69) is 20.6 Å². The van der Waals surface area contributed by atoms with Crippen LogP contribution in [-0.2, 0) is 0 Å². The van der Waals surface area contributed by atoms with E-state index >= 15 is 0 Å². The Balaban J connectivity index is 2.06. The summed E-state index contributed by atoms with van der Waals surface area (Å²) in [5, 5.41) is 15.9. The van der Waals surface area contributed by atoms with E-state index < -0.39 is 0 Å². The number of thiazole rings is 1. The lowest BCUT2D eigenvalue weighted by Crippen LogP contribution is -2.35. The van der Waals surface area contributed by atoms with Gasteiger partial charge in [0.15, 0.2) is 6.19 Å². The minimum absolute atomic E-state index is 0.516. The van der Waals surface area contributed by atoms with Crippen molar-refractivity contribution in [2.45, 2.75) is 10.8 Å². The molecule has 86 valence electrons. The molecule has 7 heteroatoms. The van der Waals surface area contributed by atoms with Crippen LogP contribution in [-0.4, -0.2) is 30.3 Å². The van der Waals surface area contributed by atoms with Crippen molar-refractivity contribution >= 4 is 29.1 Å². The second-order valence-corrected chi connectivity index (χ2v) is 4.97. The molecule has 0 saturated heterocycles. The van der Waals surface area contributed by atoms with Crippen LogP contribution in [0.3, 0.4) is 0 Å². The van der Waals surface area contributed by atoms with Crippen molar-refractivity contribution in [1.29, 1.82) is 5.26 Å². The summed E-state index contributed by atoms with van der Waals surface area (Å²) in [6, 6.07) is 0. The molecule has 0 aliphatic carbocycles. The Morgan fingerprint density at radius 3 is 3.25 bits per heavy atom. The number of hydrogen-bond acceptors (Lipinski definition) is 5. The maximum Gasteiger partial charge on any atom is 0.204 e. The van der Waals surface area contributed by atoms with Gasteiger partial charge in [-0.15, -0.1) is 11.3 Å². The lowest BCUT2D eigenvalue weighted by Gasteiger charge is -2.05. The molecule has 1 heterocycles. The summed E-state index contributed by atoms with van der Waals surface area (Å²) in [5.41, 5.74) is 0. The molecule has 0 bridgehead atoms. The van der Waals surface area contributed by atoms with Crippen LogP contribution < -0.4 is 10.6 Å². The Morgan fingerprint density at radius 2 is 2.62 bits per heavy atom. The van der Waals surface area contributed by atoms with Gasteiger partial charge in [0.2, 0.25) is 5.96 Å². The van der Waals surface area contributed by atoms with Crippen molar-refractivity contribution in [2.24, 2.45) is 4.99 Å². The van der Waals surface area contributed by atoms with Crippen LogP contribution in [0, 0.1) is 11.5 Å². The van der Waals surface area contributed by atoms with Gasteiger partial charge in [-0.1, -0.05) is 11.8 Å². The number of guanidine groups is 1. The fourth-order valence-electron chi connectivity index (χ4n) is 0.952. The van der Waals surface area contributed by atoms with E-state index in [-0.39, 0.29) is 0 Å². The molecule has 0 unspecified atom stereocenters. The summed E-state index contributed by atoms with van der Waals surface area (Å²) < 4.78 is 1.10. The van der Waals surface area contributed by atoms with Crippen LogP contribution in [0.15, 0.2) is 20.9 Å². The molecule has 1 rings (SSSR count). The summed E-state index contributed by atoms with van der Waals surface area (Å²) in [4.78, 5) is 8.06. The molecule has 1 aromatic rings. The number of nitrogens with zero attached hydrogens (tertiary/aromatic N) is 3. The van der Waals surface area contributed by atoms with Crippen molar-refractivity contribution in [3.63, 3.8) is 0 Å². The zero-order chi connectivity index (χ0) is 11.6. The number of aromatic nitrogens is 1. The largest absolute Gasteiger partial charge is 0.356 e. The maximum atomic E-state index is 8.40. The zero-order valence-electron chi connectivity index (χ0n) is 8.93. The molecule has 0 atom stereocenters. The third-order valence-electron chi connectivity index (χ3n) is 1.65. The molecule has 16 heavy (non-hydrogen) atoms. The van der Waals surface area contributed by atoms with E-state index in [1.54, 1.807) is 30.1 Å². The molecule has 0 spiro atoms. The van der Waals surface area contributed by atoms with E-state index in [4.69, 9.17) is 5.26 Å². The molecular weight excluding hydrogens is 242 g/mol. The van der Waals surface area contributed by atoms with E-state index in [1.165, 1.54) is 0 Å². The smallest absolute Gasteiger partial charge is 0.204 e. The number of nitrogens with one attached hydrogen (secondary N) is 2. The van der Waals surface area contributed by atoms with Crippen LogP contribution >= 0.6 is 23.1 Å². The van der Waals surface area contributed by atoms with Gasteiger partial charge in [0.05, 0.1) is 0 Å². The number of nitriles is 1. The predicted octanol–water partition coefficient (Wildman–Crippen LogP) is 1.27. The van der Waals surface area contributed by atoms with Gasteiger partial charge < -0.3 is 5.32 Å². The third-order valence-corrected chi connectivity index (χ3v) is 3.70. The van der Waals surface area contributed by atoms with Crippen LogP contribution in [0.1, 0.15) is 6.42 Å². The number of aliphatic imine (C=N–C) groups is 1. The van der Waals surface area contributed by atoms with Gasteiger partial charge in [-0.2, -0.15) is 5.26 Å². The lowest BCUT2D eigenvalue weighted by atomic mass is 10.5. The maximum absolute atomic E-state index is 8.40. The highest BCUT2D eigenvalue weighted by molar-refractivity contribution is 8.00. The molecule has 5 nitrogen and oxygen atoms in total. The average Bonchev–Trinajstić information content (AvgIpc) is 2.80. The normalized spacial score (nSPS) is 10.9. The summed E-state index contributed by atoms with van der Waals surface area (Å²) in [7, 11) is 1.64. The Kier molecular flexibility index (Phi) is 6.37. The van der Waals surface area contributed by atoms with Crippen LogP contribution in [0.4, 0.5) is 0 Å². The SMILES string of the molecule is CN=C(NC#N)NCCCSc1nccs1. The van der Waals surface area contributed by atoms with Crippen molar-refractivity contribution < 1.29 is 0 Å². The predicted molar refractivity (Wildman–Crippen MR) is 67.6 cm³/mol. The minimum atomic E-state index is 0.516. The highest BCUT2D eigenvalue weighted by Gasteiger charge is 1.97. The van der Waals surface area contributed by atoms with E-state index in [0.29, 0.717) is 5.96 Å². The van der Waals surface area contributed by atoms with Gasteiger partial charge >= 0.3 is 0 Å². The van der Waals surface area contributed by atoms with E-state index in [1.807, 2.05) is 17.8 Å². The lowest BCUT2D eigenvalue weighted by molar-refractivity contribution is 0.827. The van der Waals surface area contributed by atoms with E-state index in [0.717, 1.165) is 23.1 Å². The first-order valence-corrected chi connectivity index (χ1v) is 6.61. The topological polar surface area (TPSA) is 73.1 Å². The fourth-order valence-corrected chi connectivity index (χ4v) is 2.60. The Morgan fingerprint density at radius 1 is 1.75 bits per heavy atom. The number of hydrogen-bond donors (Lipinski definition) is 2. The van der Waals surface area contributed by atoms with Crippen LogP contribution in [0.5, 0.6) is 0 Å². The second-order valence-electron chi connectivity index (χ2n) is 2.74. The first kappa shape index (κ1) is 12.8. The van der Waals surface area contributed by atoms with Crippen molar-refractivity contribution in [3.05, 3.63) is 11.6 Å². The first-order chi connectivity index (χ1) is 7.86. The highest BCUT2D eigenvalue weighted by Crippen LogP contribution is 2.20. The molecule has 2 N–H and O–H groups in total. The van der Waals surface area contributed by atoms with Gasteiger partial charge in [0, 0.05) is 30.9 Å². The quantitative estimate of drug-likeness (QED) is 0.207. The average molecular weight is 255 g/mol. The van der Waals surface area contributed by atoms with Crippen LogP contribution in [0.25, 0.3) is 0 Å². The summed E-state index contributed by atoms with van der Waals surface area (Å²) in [6.45, 7) is 0.791. The van der Waals surface area contributed by atoms with Gasteiger partial charge in [0.1, 0.15) is 4.34 Å². The zero-order valence-corrected chi connectivity index (χ0v) is 10.6. The van der Waals surface area contributed by atoms with E-state index in [9.17, 15) is 0 Å². The molecule has 0 saturated carbocycles. The molecule has 0 aliphatic rings. The van der Waals surface area contributed by atoms with Gasteiger partial charge in [-0.3, -0.25) is 10.3 Å². The Bertz CT molecular complexity index is 354. The van der Waals surface area contributed by atoms with Crippen LogP contribution in [0.2, 0.25) is 0 Å².